The third-order valence-corrected chi connectivity index (χ3v) is 4.36. The normalized spacial score (nSPS) is 14.0. The predicted molar refractivity (Wildman–Crippen MR) is 104 cm³/mol. The molecule has 31 heavy (non-hydrogen) atoms. The van der Waals surface area contributed by atoms with Crippen LogP contribution >= 0.6 is 0 Å². The number of anilines is 1. The summed E-state index contributed by atoms with van der Waals surface area (Å²) in [6.45, 7) is 1.33. The SMILES string of the molecule is CC(=O)c1cccc(NC(=O)C(=O)C(c2cnc3ccc([NH+]([O-])O)cc3n2)[NH+]([O-])O)c1. The average Bonchev–Trinajstić information content (AvgIpc) is 2.73. The number of hydrogen-bond donors (Lipinski definition) is 5. The van der Waals surface area contributed by atoms with Crippen LogP contribution in [0.4, 0.5) is 11.4 Å². The molecule has 3 rings (SSSR count). The number of fused-ring (bicyclic) bond motifs is 1. The second-order valence-corrected chi connectivity index (χ2v) is 6.53. The van der Waals surface area contributed by atoms with Crippen molar-refractivity contribution in [2.75, 3.05) is 5.32 Å². The zero-order valence-corrected chi connectivity index (χ0v) is 16.0. The predicted octanol–water partition coefficient (Wildman–Crippen LogP) is -0.743. The van der Waals surface area contributed by atoms with Gasteiger partial charge >= 0.3 is 0 Å². The summed E-state index contributed by atoms with van der Waals surface area (Å²) in [7, 11) is 0. The van der Waals surface area contributed by atoms with Crippen LogP contribution < -0.4 is 15.8 Å². The topological polar surface area (TPSA) is 184 Å². The summed E-state index contributed by atoms with van der Waals surface area (Å²) >= 11 is 0. The fourth-order valence-electron chi connectivity index (χ4n) is 2.81. The lowest BCUT2D eigenvalue weighted by Crippen LogP contribution is -3.06. The molecule has 1 amide bonds. The van der Waals surface area contributed by atoms with Crippen molar-refractivity contribution in [3.05, 3.63) is 70.3 Å². The number of amides is 1. The van der Waals surface area contributed by atoms with E-state index < -0.39 is 28.2 Å². The first-order valence-electron chi connectivity index (χ1n) is 8.86. The number of quaternary nitrogens is 2. The Morgan fingerprint density at radius 2 is 1.81 bits per heavy atom. The molecule has 0 saturated heterocycles. The van der Waals surface area contributed by atoms with Crippen molar-refractivity contribution in [2.45, 2.75) is 13.0 Å². The zero-order chi connectivity index (χ0) is 22.7. The quantitative estimate of drug-likeness (QED) is 0.184. The van der Waals surface area contributed by atoms with E-state index in [0.29, 0.717) is 5.56 Å². The van der Waals surface area contributed by atoms with Crippen LogP contribution in [0.2, 0.25) is 0 Å². The minimum atomic E-state index is -1.96. The maximum atomic E-state index is 12.6. The molecular formula is C19H17N5O7. The van der Waals surface area contributed by atoms with E-state index in [4.69, 9.17) is 5.21 Å². The number of aromatic nitrogens is 2. The molecule has 0 fully saturated rings. The highest BCUT2D eigenvalue weighted by atomic mass is 16.8. The van der Waals surface area contributed by atoms with Crippen molar-refractivity contribution in [3.63, 3.8) is 0 Å². The lowest BCUT2D eigenvalue weighted by atomic mass is 10.1. The fourth-order valence-corrected chi connectivity index (χ4v) is 2.81. The van der Waals surface area contributed by atoms with E-state index in [1.165, 1.54) is 49.4 Å². The van der Waals surface area contributed by atoms with Gasteiger partial charge in [-0.25, -0.2) is 20.6 Å². The summed E-state index contributed by atoms with van der Waals surface area (Å²) in [4.78, 5) is 44.5. The molecule has 3 aromatic rings. The van der Waals surface area contributed by atoms with Gasteiger partial charge in [0, 0.05) is 23.4 Å². The van der Waals surface area contributed by atoms with Gasteiger partial charge in [-0.3, -0.25) is 19.4 Å². The molecule has 12 nitrogen and oxygen atoms in total. The number of hydroxylamine groups is 2. The molecule has 0 aliphatic heterocycles. The first kappa shape index (κ1) is 22.0. The Morgan fingerprint density at radius 1 is 1.06 bits per heavy atom. The third-order valence-electron chi connectivity index (χ3n) is 4.36. The maximum absolute atomic E-state index is 12.6. The van der Waals surface area contributed by atoms with Gasteiger partial charge in [-0.15, -0.1) is 0 Å². The van der Waals surface area contributed by atoms with E-state index in [1.54, 1.807) is 0 Å². The number of Topliss-reactive ketones (excluding diaryl/α,β-unsaturated/α-hetero) is 2. The number of carbonyl (C=O) groups is 3. The first-order valence-corrected chi connectivity index (χ1v) is 8.86. The van der Waals surface area contributed by atoms with Gasteiger partial charge < -0.3 is 15.7 Å². The molecule has 2 aromatic carbocycles. The Balaban J connectivity index is 1.90. The number of nitrogens with zero attached hydrogens (tertiary/aromatic N) is 2. The van der Waals surface area contributed by atoms with E-state index in [0.717, 1.165) is 6.20 Å². The van der Waals surface area contributed by atoms with Gasteiger partial charge in [0.15, 0.2) is 11.5 Å². The standard InChI is InChI=1S/C19H17N5O7/c1-10(25)11-3-2-4-12(7-11)21-19(27)18(26)17(24(30)31)16-9-20-14-6-5-13(23(28)29)8-15(14)22-16/h2-9,17,23-24,28,30H,1H3,(H,21,27). The van der Waals surface area contributed by atoms with Crippen molar-refractivity contribution < 1.29 is 35.3 Å². The van der Waals surface area contributed by atoms with E-state index in [9.17, 15) is 30.0 Å². The first-order chi connectivity index (χ1) is 14.7. The number of carbonyl (C=O) groups excluding carboxylic acids is 3. The number of hydrogen-bond acceptors (Lipinski definition) is 9. The number of benzene rings is 2. The number of rotatable bonds is 7. The Hall–Kier alpha value is -3.65. The van der Waals surface area contributed by atoms with Crippen LogP contribution in [0, 0.1) is 10.4 Å². The minimum absolute atomic E-state index is 0.0611. The lowest BCUT2D eigenvalue weighted by Gasteiger charge is -2.22. The Labute approximate surface area is 174 Å². The van der Waals surface area contributed by atoms with Gasteiger partial charge in [-0.05, 0) is 25.1 Å². The zero-order valence-electron chi connectivity index (χ0n) is 16.0. The van der Waals surface area contributed by atoms with Gasteiger partial charge in [0.25, 0.3) is 11.7 Å². The number of ketones is 2. The highest BCUT2D eigenvalue weighted by molar-refractivity contribution is 6.42. The molecule has 0 saturated carbocycles. The summed E-state index contributed by atoms with van der Waals surface area (Å²) < 4.78 is 0. The fraction of sp³-hybridized carbons (Fsp3) is 0.105. The molecule has 3 unspecified atom stereocenters. The molecule has 0 spiro atoms. The van der Waals surface area contributed by atoms with Gasteiger partial charge in [-0.1, -0.05) is 12.1 Å². The van der Waals surface area contributed by atoms with Crippen LogP contribution in [0.15, 0.2) is 48.7 Å². The van der Waals surface area contributed by atoms with E-state index in [1.807, 2.05) is 0 Å². The highest BCUT2D eigenvalue weighted by Gasteiger charge is 2.34. The largest absolute Gasteiger partial charge is 0.599 e. The van der Waals surface area contributed by atoms with Crippen molar-refractivity contribution in [3.8, 4) is 0 Å². The van der Waals surface area contributed by atoms with E-state index in [-0.39, 0.29) is 33.9 Å². The van der Waals surface area contributed by atoms with Gasteiger partial charge in [0.1, 0.15) is 5.69 Å². The molecule has 3 atom stereocenters. The smallest absolute Gasteiger partial charge is 0.298 e. The van der Waals surface area contributed by atoms with Crippen LogP contribution in [-0.4, -0.2) is 37.9 Å². The average molecular weight is 427 g/mol. The number of nitrogens with one attached hydrogen (secondary N) is 3. The molecule has 1 aromatic heterocycles. The maximum Gasteiger partial charge on any atom is 0.298 e. The molecule has 0 radical (unpaired) electrons. The second-order valence-electron chi connectivity index (χ2n) is 6.53. The summed E-state index contributed by atoms with van der Waals surface area (Å²) in [5.74, 6) is -2.77. The van der Waals surface area contributed by atoms with E-state index >= 15 is 0 Å². The van der Waals surface area contributed by atoms with Crippen molar-refractivity contribution >= 4 is 39.9 Å². The van der Waals surface area contributed by atoms with E-state index in [2.05, 4.69) is 15.3 Å². The summed E-state index contributed by atoms with van der Waals surface area (Å²) in [5.41, 5.74) is 0.378. The summed E-state index contributed by atoms with van der Waals surface area (Å²) in [5, 5.41) is 40.9. The molecule has 5 N–H and O–H groups in total. The Kier molecular flexibility index (Phi) is 6.41. The van der Waals surface area contributed by atoms with Crippen LogP contribution in [0.25, 0.3) is 11.0 Å². The van der Waals surface area contributed by atoms with Crippen LogP contribution in [-0.2, 0) is 9.59 Å². The van der Waals surface area contributed by atoms with Gasteiger partial charge in [0.2, 0.25) is 6.04 Å². The molecular weight excluding hydrogens is 410 g/mol. The third kappa shape index (κ3) is 4.92. The Morgan fingerprint density at radius 3 is 2.45 bits per heavy atom. The van der Waals surface area contributed by atoms with Gasteiger partial charge in [0.05, 0.1) is 17.2 Å². The van der Waals surface area contributed by atoms with Crippen molar-refractivity contribution in [1.29, 1.82) is 0 Å². The molecule has 0 aliphatic carbocycles. The van der Waals surface area contributed by atoms with Crippen LogP contribution in [0.5, 0.6) is 0 Å². The van der Waals surface area contributed by atoms with Crippen molar-refractivity contribution in [1.82, 2.24) is 9.97 Å². The molecule has 12 heteroatoms. The Bertz CT molecular complexity index is 1170. The molecule has 0 bridgehead atoms. The van der Waals surface area contributed by atoms with Crippen LogP contribution in [0.1, 0.15) is 29.0 Å². The summed E-state index contributed by atoms with van der Waals surface area (Å²) in [6, 6.07) is 7.75. The van der Waals surface area contributed by atoms with Gasteiger partial charge in [-0.2, -0.15) is 5.23 Å². The monoisotopic (exact) mass is 427 g/mol. The minimum Gasteiger partial charge on any atom is -0.599 e. The molecule has 0 aliphatic rings. The molecule has 160 valence electrons. The van der Waals surface area contributed by atoms with Crippen molar-refractivity contribution in [2.24, 2.45) is 0 Å². The summed E-state index contributed by atoms with van der Waals surface area (Å²) in [6.07, 6.45) is 1.04. The highest BCUT2D eigenvalue weighted by Crippen LogP contribution is 2.17. The molecule has 1 heterocycles. The van der Waals surface area contributed by atoms with Crippen LogP contribution in [0.3, 0.4) is 0 Å². The lowest BCUT2D eigenvalue weighted by molar-refractivity contribution is -1.06. The second kappa shape index (κ2) is 9.01.